The lowest BCUT2D eigenvalue weighted by Gasteiger charge is -2.06. The molecule has 1 aromatic heterocycles. The summed E-state index contributed by atoms with van der Waals surface area (Å²) in [4.78, 5) is 10.9. The third kappa shape index (κ3) is 2.56. The Labute approximate surface area is 88.3 Å². The van der Waals surface area contributed by atoms with Crippen LogP contribution < -0.4 is 0 Å². The van der Waals surface area contributed by atoms with Gasteiger partial charge in [0.2, 0.25) is 0 Å². The largest absolute Gasteiger partial charge is 0.478 e. The Morgan fingerprint density at radius 1 is 1.53 bits per heavy atom. The fourth-order valence-corrected chi connectivity index (χ4v) is 1.53. The fraction of sp³-hybridized carbons (Fsp3) is 0.600. The number of carboxylic acid groups (broad SMARTS) is 1. The molecule has 2 N–H and O–H groups in total. The van der Waals surface area contributed by atoms with Crippen LogP contribution in [-0.2, 0) is 6.54 Å². The second-order valence-electron chi connectivity index (χ2n) is 3.71. The van der Waals surface area contributed by atoms with E-state index >= 15 is 0 Å². The molecule has 0 bridgehead atoms. The van der Waals surface area contributed by atoms with E-state index in [4.69, 9.17) is 10.2 Å². The topological polar surface area (TPSA) is 75.3 Å². The van der Waals surface area contributed by atoms with Crippen LogP contribution in [0.1, 0.15) is 35.1 Å². The van der Waals surface area contributed by atoms with Crippen molar-refractivity contribution in [1.82, 2.24) is 9.78 Å². The lowest BCUT2D eigenvalue weighted by atomic mass is 10.2. The van der Waals surface area contributed by atoms with Gasteiger partial charge < -0.3 is 10.2 Å². The Morgan fingerprint density at radius 2 is 2.13 bits per heavy atom. The molecule has 1 aromatic rings. The van der Waals surface area contributed by atoms with E-state index in [9.17, 15) is 4.79 Å². The summed E-state index contributed by atoms with van der Waals surface area (Å²) >= 11 is 0. The van der Waals surface area contributed by atoms with Gasteiger partial charge in [-0.2, -0.15) is 5.10 Å². The van der Waals surface area contributed by atoms with Gasteiger partial charge in [-0.25, -0.2) is 4.79 Å². The molecule has 0 aliphatic carbocycles. The molecule has 15 heavy (non-hydrogen) atoms. The lowest BCUT2D eigenvalue weighted by molar-refractivity contribution is 0.0695. The van der Waals surface area contributed by atoms with Crippen LogP contribution in [0.5, 0.6) is 0 Å². The second kappa shape index (κ2) is 4.44. The number of carboxylic acids is 1. The van der Waals surface area contributed by atoms with Crippen LogP contribution in [0.15, 0.2) is 0 Å². The van der Waals surface area contributed by atoms with Crippen LogP contribution in [0.25, 0.3) is 0 Å². The number of rotatable bonds is 4. The van der Waals surface area contributed by atoms with Gasteiger partial charge in [0.05, 0.1) is 17.5 Å². The van der Waals surface area contributed by atoms with Crippen LogP contribution in [0.4, 0.5) is 0 Å². The third-order valence-electron chi connectivity index (χ3n) is 2.35. The summed E-state index contributed by atoms with van der Waals surface area (Å²) in [6.45, 7) is 5.64. The van der Waals surface area contributed by atoms with E-state index in [0.29, 0.717) is 24.4 Å². The SMILES string of the molecule is Cc1nn(CCC(C)O)c(C)c1C(=O)O. The van der Waals surface area contributed by atoms with Crippen molar-refractivity contribution in [3.63, 3.8) is 0 Å². The van der Waals surface area contributed by atoms with Crippen molar-refractivity contribution in [2.45, 2.75) is 39.8 Å². The number of nitrogens with zero attached hydrogens (tertiary/aromatic N) is 2. The predicted molar refractivity (Wildman–Crippen MR) is 55.0 cm³/mol. The average Bonchev–Trinajstić information content (AvgIpc) is 2.37. The predicted octanol–water partition coefficient (Wildman–Crippen LogP) is 0.969. The first-order valence-corrected chi connectivity index (χ1v) is 4.88. The molecule has 0 saturated heterocycles. The zero-order chi connectivity index (χ0) is 11.6. The molecule has 1 rings (SSSR count). The highest BCUT2D eigenvalue weighted by Crippen LogP contribution is 2.13. The van der Waals surface area contributed by atoms with Gasteiger partial charge >= 0.3 is 5.97 Å². The molecule has 0 aliphatic rings. The summed E-state index contributed by atoms with van der Waals surface area (Å²) in [6.07, 6.45) is 0.170. The standard InChI is InChI=1S/C10H16N2O3/c1-6(13)4-5-12-8(3)9(10(14)15)7(2)11-12/h6,13H,4-5H2,1-3H3,(H,14,15). The summed E-state index contributed by atoms with van der Waals surface area (Å²) in [5.74, 6) is -0.951. The van der Waals surface area contributed by atoms with Crippen LogP contribution in [0.2, 0.25) is 0 Å². The van der Waals surface area contributed by atoms with Gasteiger partial charge in [-0.3, -0.25) is 4.68 Å². The highest BCUT2D eigenvalue weighted by Gasteiger charge is 2.17. The molecule has 0 spiro atoms. The number of hydrogen-bond acceptors (Lipinski definition) is 3. The van der Waals surface area contributed by atoms with Crippen molar-refractivity contribution in [1.29, 1.82) is 0 Å². The minimum atomic E-state index is -0.951. The highest BCUT2D eigenvalue weighted by atomic mass is 16.4. The van der Waals surface area contributed by atoms with Crippen LogP contribution in [0.3, 0.4) is 0 Å². The van der Waals surface area contributed by atoms with E-state index in [2.05, 4.69) is 5.10 Å². The maximum atomic E-state index is 10.9. The molecule has 5 heteroatoms. The zero-order valence-corrected chi connectivity index (χ0v) is 9.19. The number of aryl methyl sites for hydroxylation is 2. The van der Waals surface area contributed by atoms with Crippen molar-refractivity contribution >= 4 is 5.97 Å². The summed E-state index contributed by atoms with van der Waals surface area (Å²) < 4.78 is 1.63. The number of aliphatic hydroxyl groups is 1. The van der Waals surface area contributed by atoms with Crippen LogP contribution >= 0.6 is 0 Å². The first-order valence-electron chi connectivity index (χ1n) is 4.88. The normalized spacial score (nSPS) is 12.8. The van der Waals surface area contributed by atoms with Gasteiger partial charge in [0.25, 0.3) is 0 Å². The number of aromatic nitrogens is 2. The maximum absolute atomic E-state index is 10.9. The summed E-state index contributed by atoms with van der Waals surface area (Å²) in [5.41, 5.74) is 1.42. The molecular formula is C10H16N2O3. The Balaban J connectivity index is 2.91. The molecule has 0 saturated carbocycles. The first kappa shape index (κ1) is 11.7. The van der Waals surface area contributed by atoms with Crippen molar-refractivity contribution in [2.24, 2.45) is 0 Å². The fourth-order valence-electron chi connectivity index (χ4n) is 1.53. The van der Waals surface area contributed by atoms with E-state index in [1.807, 2.05) is 0 Å². The van der Waals surface area contributed by atoms with E-state index in [-0.39, 0.29) is 5.56 Å². The van der Waals surface area contributed by atoms with Crippen LogP contribution in [-0.4, -0.2) is 32.1 Å². The molecule has 1 heterocycles. The molecule has 84 valence electrons. The molecule has 0 fully saturated rings. The van der Waals surface area contributed by atoms with Gasteiger partial charge in [-0.05, 0) is 27.2 Å². The zero-order valence-electron chi connectivity index (χ0n) is 9.19. The monoisotopic (exact) mass is 212 g/mol. The minimum Gasteiger partial charge on any atom is -0.478 e. The third-order valence-corrected chi connectivity index (χ3v) is 2.35. The first-order chi connectivity index (χ1) is 6.93. The molecule has 0 amide bonds. The summed E-state index contributed by atoms with van der Waals surface area (Å²) in [7, 11) is 0. The van der Waals surface area contributed by atoms with E-state index in [1.54, 1.807) is 25.5 Å². The second-order valence-corrected chi connectivity index (χ2v) is 3.71. The molecule has 1 unspecified atom stereocenters. The Morgan fingerprint density at radius 3 is 2.53 bits per heavy atom. The van der Waals surface area contributed by atoms with Gasteiger partial charge in [-0.1, -0.05) is 0 Å². The van der Waals surface area contributed by atoms with Gasteiger partial charge in [0, 0.05) is 6.54 Å². The van der Waals surface area contributed by atoms with Crippen molar-refractivity contribution in [3.05, 3.63) is 17.0 Å². The Kier molecular flexibility index (Phi) is 3.47. The van der Waals surface area contributed by atoms with Crippen molar-refractivity contribution in [3.8, 4) is 0 Å². The van der Waals surface area contributed by atoms with Gasteiger partial charge in [-0.15, -0.1) is 0 Å². The van der Waals surface area contributed by atoms with Crippen molar-refractivity contribution in [2.75, 3.05) is 0 Å². The molecule has 0 aliphatic heterocycles. The molecule has 0 radical (unpaired) electrons. The van der Waals surface area contributed by atoms with Gasteiger partial charge in [0.15, 0.2) is 0 Å². The van der Waals surface area contributed by atoms with E-state index in [1.165, 1.54) is 0 Å². The summed E-state index contributed by atoms with van der Waals surface area (Å²) in [6, 6.07) is 0. The number of carbonyl (C=O) groups is 1. The Hall–Kier alpha value is -1.36. The number of hydrogen-bond donors (Lipinski definition) is 2. The molecule has 0 aromatic carbocycles. The van der Waals surface area contributed by atoms with Gasteiger partial charge in [0.1, 0.15) is 5.56 Å². The maximum Gasteiger partial charge on any atom is 0.339 e. The number of aliphatic hydroxyl groups excluding tert-OH is 1. The molecule has 5 nitrogen and oxygen atoms in total. The average molecular weight is 212 g/mol. The van der Waals surface area contributed by atoms with Crippen LogP contribution in [0, 0.1) is 13.8 Å². The van der Waals surface area contributed by atoms with Crippen molar-refractivity contribution < 1.29 is 15.0 Å². The molecule has 1 atom stereocenters. The summed E-state index contributed by atoms with van der Waals surface area (Å²) in [5, 5.41) is 22.2. The highest BCUT2D eigenvalue weighted by molar-refractivity contribution is 5.90. The molecular weight excluding hydrogens is 196 g/mol. The smallest absolute Gasteiger partial charge is 0.339 e. The van der Waals surface area contributed by atoms with E-state index in [0.717, 1.165) is 0 Å². The van der Waals surface area contributed by atoms with E-state index < -0.39 is 12.1 Å². The minimum absolute atomic E-state index is 0.264. The lowest BCUT2D eigenvalue weighted by Crippen LogP contribution is -2.10. The number of aromatic carboxylic acids is 1. The quantitative estimate of drug-likeness (QED) is 0.779. The Bertz CT molecular complexity index is 369.